The second-order valence-corrected chi connectivity index (χ2v) is 5.93. The number of nitrogens with two attached hydrogens (primary N) is 1. The molecular formula is C14H19F3N4O6. The van der Waals surface area contributed by atoms with Crippen molar-refractivity contribution in [1.82, 2.24) is 14.9 Å². The van der Waals surface area contributed by atoms with E-state index in [4.69, 9.17) is 15.6 Å². The lowest BCUT2D eigenvalue weighted by atomic mass is 10.1. The summed E-state index contributed by atoms with van der Waals surface area (Å²) in [5, 5.41) is 30.6. The van der Waals surface area contributed by atoms with Gasteiger partial charge in [-0.05, 0) is 12.8 Å². The summed E-state index contributed by atoms with van der Waals surface area (Å²) in [6.45, 7) is -0.873. The third-order valence-electron chi connectivity index (χ3n) is 4.02. The molecule has 0 aromatic carbocycles. The fraction of sp³-hybridized carbons (Fsp3) is 0.643. The van der Waals surface area contributed by atoms with Crippen LogP contribution in [0.4, 0.5) is 19.0 Å². The molecule has 6 N–H and O–H groups in total. The van der Waals surface area contributed by atoms with E-state index in [1.165, 1.54) is 6.20 Å². The quantitative estimate of drug-likeness (QED) is 0.347. The first-order chi connectivity index (χ1) is 12.6. The Morgan fingerprint density at radius 3 is 2.59 bits per heavy atom. The number of nitrogens with zero attached hydrogens (tertiary/aromatic N) is 2. The third kappa shape index (κ3) is 4.74. The van der Waals surface area contributed by atoms with E-state index in [-0.39, 0.29) is 30.8 Å². The van der Waals surface area contributed by atoms with Crippen LogP contribution in [0.15, 0.2) is 11.0 Å². The minimum absolute atomic E-state index is 0.0713. The number of ether oxygens (including phenoxy) is 1. The lowest BCUT2D eigenvalue weighted by Crippen LogP contribution is -2.37. The Kier molecular flexibility index (Phi) is 6.41. The van der Waals surface area contributed by atoms with E-state index in [9.17, 15) is 33.0 Å². The standard InChI is InChI=1S/C14H19F3N4O6/c15-14(16,17)12(25)19-3-1-2-6-4-21(13(26)20-10(6)18)11-9(24)8(23)7(5-22)27-11/h4,7-9,11,22-24H,1-3,5H2,(H,19,25)(H2,18,20,26)/t7-,8?,9+,11-/m1/s1. The Morgan fingerprint density at radius 1 is 1.37 bits per heavy atom. The van der Waals surface area contributed by atoms with Crippen LogP contribution in [-0.2, 0) is 16.0 Å². The molecule has 13 heteroatoms. The molecule has 1 aliphatic rings. The molecule has 0 aliphatic carbocycles. The number of rotatable bonds is 6. The predicted octanol–water partition coefficient (Wildman–Crippen LogP) is -1.95. The number of aliphatic hydroxyl groups excluding tert-OH is 3. The topological polar surface area (TPSA) is 160 Å². The van der Waals surface area contributed by atoms with Crippen LogP contribution in [0.25, 0.3) is 0 Å². The van der Waals surface area contributed by atoms with Crippen molar-refractivity contribution in [1.29, 1.82) is 0 Å². The number of anilines is 1. The minimum atomic E-state index is -4.98. The molecule has 0 radical (unpaired) electrons. The van der Waals surface area contributed by atoms with Crippen molar-refractivity contribution in [3.8, 4) is 0 Å². The Labute approximate surface area is 150 Å². The van der Waals surface area contributed by atoms with Crippen molar-refractivity contribution < 1.29 is 38.0 Å². The number of halogens is 3. The van der Waals surface area contributed by atoms with E-state index >= 15 is 0 Å². The molecule has 1 aromatic heterocycles. The molecule has 0 saturated carbocycles. The first kappa shape index (κ1) is 21.1. The first-order valence-corrected chi connectivity index (χ1v) is 7.91. The normalized spacial score (nSPS) is 25.6. The van der Waals surface area contributed by atoms with E-state index < -0.39 is 48.9 Å². The molecule has 2 heterocycles. The lowest BCUT2D eigenvalue weighted by Gasteiger charge is -2.18. The molecule has 0 spiro atoms. The van der Waals surface area contributed by atoms with Crippen molar-refractivity contribution in [2.24, 2.45) is 0 Å². The predicted molar refractivity (Wildman–Crippen MR) is 83.3 cm³/mol. The van der Waals surface area contributed by atoms with E-state index in [1.54, 1.807) is 5.32 Å². The number of hydrogen-bond donors (Lipinski definition) is 5. The first-order valence-electron chi connectivity index (χ1n) is 7.91. The highest BCUT2D eigenvalue weighted by Gasteiger charge is 2.44. The maximum absolute atomic E-state index is 12.1. The van der Waals surface area contributed by atoms with Crippen molar-refractivity contribution in [2.75, 3.05) is 18.9 Å². The number of carbonyl (C=O) groups excluding carboxylic acids is 1. The summed E-state index contributed by atoms with van der Waals surface area (Å²) in [4.78, 5) is 26.3. The summed E-state index contributed by atoms with van der Waals surface area (Å²) in [5.41, 5.74) is 5.02. The second kappa shape index (κ2) is 8.21. The third-order valence-corrected chi connectivity index (χ3v) is 4.02. The molecule has 27 heavy (non-hydrogen) atoms. The van der Waals surface area contributed by atoms with Crippen LogP contribution in [0, 0.1) is 0 Å². The zero-order chi connectivity index (χ0) is 20.4. The molecule has 0 bridgehead atoms. The molecule has 1 unspecified atom stereocenters. The van der Waals surface area contributed by atoms with E-state index in [1.807, 2.05) is 0 Å². The van der Waals surface area contributed by atoms with Gasteiger partial charge in [-0.25, -0.2) is 4.79 Å². The smallest absolute Gasteiger partial charge is 0.394 e. The van der Waals surface area contributed by atoms with Gasteiger partial charge < -0.3 is 31.1 Å². The van der Waals surface area contributed by atoms with E-state index in [0.717, 1.165) is 4.57 Å². The molecular weight excluding hydrogens is 377 g/mol. The lowest BCUT2D eigenvalue weighted by molar-refractivity contribution is -0.173. The summed E-state index contributed by atoms with van der Waals surface area (Å²) >= 11 is 0. The number of amides is 1. The number of aliphatic hydroxyl groups is 3. The number of aromatic nitrogens is 2. The van der Waals surface area contributed by atoms with Gasteiger partial charge in [0.25, 0.3) is 0 Å². The monoisotopic (exact) mass is 396 g/mol. The van der Waals surface area contributed by atoms with Crippen molar-refractivity contribution >= 4 is 11.7 Å². The van der Waals surface area contributed by atoms with Crippen LogP contribution in [-0.4, -0.2) is 68.4 Å². The van der Waals surface area contributed by atoms with Gasteiger partial charge in [0.05, 0.1) is 6.61 Å². The Hall–Kier alpha value is -2.22. The number of nitrogen functional groups attached to an aromatic ring is 1. The van der Waals surface area contributed by atoms with Gasteiger partial charge in [0.2, 0.25) is 0 Å². The summed E-state index contributed by atoms with van der Waals surface area (Å²) < 4.78 is 42.4. The number of aryl methyl sites for hydroxylation is 1. The maximum atomic E-state index is 12.1. The summed E-state index contributed by atoms with van der Waals surface area (Å²) in [6.07, 6.45) is -8.98. The van der Waals surface area contributed by atoms with Gasteiger partial charge >= 0.3 is 17.8 Å². The second-order valence-electron chi connectivity index (χ2n) is 5.93. The molecule has 1 aromatic rings. The summed E-state index contributed by atoms with van der Waals surface area (Å²) in [6, 6.07) is 0. The van der Waals surface area contributed by atoms with Crippen LogP contribution in [0.2, 0.25) is 0 Å². The fourth-order valence-corrected chi connectivity index (χ4v) is 2.59. The van der Waals surface area contributed by atoms with Crippen LogP contribution in [0.3, 0.4) is 0 Å². The van der Waals surface area contributed by atoms with Crippen molar-refractivity contribution in [2.45, 2.75) is 43.6 Å². The fourth-order valence-electron chi connectivity index (χ4n) is 2.59. The van der Waals surface area contributed by atoms with Crippen LogP contribution < -0.4 is 16.7 Å². The number of alkyl halides is 3. The van der Waals surface area contributed by atoms with E-state index in [2.05, 4.69) is 4.98 Å². The highest BCUT2D eigenvalue weighted by Crippen LogP contribution is 2.28. The molecule has 152 valence electrons. The maximum Gasteiger partial charge on any atom is 0.471 e. The van der Waals surface area contributed by atoms with Gasteiger partial charge in [-0.2, -0.15) is 18.2 Å². The largest absolute Gasteiger partial charge is 0.471 e. The average molecular weight is 396 g/mol. The Balaban J connectivity index is 2.08. The Morgan fingerprint density at radius 2 is 2.04 bits per heavy atom. The van der Waals surface area contributed by atoms with Crippen LogP contribution in [0.5, 0.6) is 0 Å². The molecule has 1 aliphatic heterocycles. The number of carbonyl (C=O) groups is 1. The van der Waals surface area contributed by atoms with Gasteiger partial charge in [0.15, 0.2) is 6.23 Å². The molecule has 1 fully saturated rings. The number of nitrogens with one attached hydrogen (secondary N) is 1. The zero-order valence-corrected chi connectivity index (χ0v) is 13.9. The zero-order valence-electron chi connectivity index (χ0n) is 13.9. The van der Waals surface area contributed by atoms with E-state index in [0.29, 0.717) is 0 Å². The molecule has 2 rings (SSSR count). The summed E-state index contributed by atoms with van der Waals surface area (Å²) in [7, 11) is 0. The molecule has 1 saturated heterocycles. The number of hydrogen-bond acceptors (Lipinski definition) is 8. The van der Waals surface area contributed by atoms with Gasteiger partial charge in [-0.3, -0.25) is 9.36 Å². The van der Waals surface area contributed by atoms with Gasteiger partial charge in [-0.15, -0.1) is 0 Å². The SMILES string of the molecule is Nc1nc(=O)n([C@@H]2O[C@H](CO)C(O)[C@@H]2O)cc1CCCNC(=O)C(F)(F)F. The van der Waals surface area contributed by atoms with Gasteiger partial charge in [-0.1, -0.05) is 0 Å². The van der Waals surface area contributed by atoms with Crippen molar-refractivity contribution in [3.05, 3.63) is 22.2 Å². The van der Waals surface area contributed by atoms with Crippen molar-refractivity contribution in [3.63, 3.8) is 0 Å². The average Bonchev–Trinajstić information content (AvgIpc) is 2.87. The molecule has 1 amide bonds. The van der Waals surface area contributed by atoms with Crippen LogP contribution in [0.1, 0.15) is 18.2 Å². The van der Waals surface area contributed by atoms with Gasteiger partial charge in [0.1, 0.15) is 24.1 Å². The highest BCUT2D eigenvalue weighted by atomic mass is 19.4. The highest BCUT2D eigenvalue weighted by molar-refractivity contribution is 5.81. The van der Waals surface area contributed by atoms with Gasteiger partial charge in [0, 0.05) is 18.3 Å². The molecule has 4 atom stereocenters. The van der Waals surface area contributed by atoms with Crippen LogP contribution >= 0.6 is 0 Å². The molecule has 10 nitrogen and oxygen atoms in total. The Bertz CT molecular complexity index is 741. The minimum Gasteiger partial charge on any atom is -0.394 e. The summed E-state index contributed by atoms with van der Waals surface area (Å²) in [5.74, 6) is -2.23.